The fourth-order valence-corrected chi connectivity index (χ4v) is 4.25. The van der Waals surface area contributed by atoms with Crippen LogP contribution in [-0.2, 0) is 14.8 Å². The predicted octanol–water partition coefficient (Wildman–Crippen LogP) is 3.37. The first-order valence-corrected chi connectivity index (χ1v) is 11.2. The van der Waals surface area contributed by atoms with Crippen molar-refractivity contribution in [3.63, 3.8) is 0 Å². The number of aryl methyl sites for hydroxylation is 1. The Morgan fingerprint density at radius 2 is 1.67 bits per heavy atom. The van der Waals surface area contributed by atoms with Gasteiger partial charge in [0.2, 0.25) is 5.91 Å². The van der Waals surface area contributed by atoms with E-state index in [1.54, 1.807) is 12.1 Å². The van der Waals surface area contributed by atoms with Gasteiger partial charge in [-0.2, -0.15) is 0 Å². The summed E-state index contributed by atoms with van der Waals surface area (Å²) in [6.45, 7) is 6.21. The van der Waals surface area contributed by atoms with Gasteiger partial charge in [0.1, 0.15) is 6.54 Å². The molecule has 0 saturated carbocycles. The van der Waals surface area contributed by atoms with Gasteiger partial charge in [0.05, 0.1) is 24.8 Å². The van der Waals surface area contributed by atoms with Gasteiger partial charge >= 0.3 is 0 Å². The second-order valence-electron chi connectivity index (χ2n) is 7.40. The van der Waals surface area contributed by atoms with E-state index in [4.69, 9.17) is 9.47 Å². The minimum absolute atomic E-state index is 0.00991. The number of nitrogens with one attached hydrogen (secondary N) is 1. The number of sulfonamides is 1. The van der Waals surface area contributed by atoms with E-state index in [-0.39, 0.29) is 17.3 Å². The third kappa shape index (κ3) is 5.89. The van der Waals surface area contributed by atoms with Crippen molar-refractivity contribution >= 4 is 21.6 Å². The van der Waals surface area contributed by atoms with Gasteiger partial charge in [-0.15, -0.1) is 0 Å². The lowest BCUT2D eigenvalue weighted by atomic mass is 10.1. The average molecular weight is 435 g/mol. The summed E-state index contributed by atoms with van der Waals surface area (Å²) < 4.78 is 38.4. The number of nitrogens with zero attached hydrogens (tertiary/aromatic N) is 1. The molecule has 30 heavy (non-hydrogen) atoms. The zero-order valence-corrected chi connectivity index (χ0v) is 19.0. The van der Waals surface area contributed by atoms with Crippen LogP contribution in [0, 0.1) is 12.8 Å². The minimum atomic E-state index is -4.02. The number of carbonyl (C=O) groups excluding carboxylic acids is 1. The van der Waals surface area contributed by atoms with Crippen LogP contribution in [0.1, 0.15) is 25.8 Å². The highest BCUT2D eigenvalue weighted by molar-refractivity contribution is 7.92. The number of methoxy groups -OCH3 is 2. The summed E-state index contributed by atoms with van der Waals surface area (Å²) in [4.78, 5) is 12.5. The Balaban J connectivity index is 2.39. The molecule has 0 radical (unpaired) electrons. The maximum Gasteiger partial charge on any atom is 0.264 e. The molecule has 164 valence electrons. The highest BCUT2D eigenvalue weighted by Gasteiger charge is 2.28. The second kappa shape index (κ2) is 10.3. The second-order valence-corrected chi connectivity index (χ2v) is 9.26. The zero-order chi connectivity index (χ0) is 22.3. The van der Waals surface area contributed by atoms with Crippen LogP contribution in [0.15, 0.2) is 47.4 Å². The molecular weight excluding hydrogens is 404 g/mol. The molecule has 0 aromatic heterocycles. The molecule has 1 amide bonds. The van der Waals surface area contributed by atoms with Crippen LogP contribution in [0.4, 0.5) is 5.69 Å². The highest BCUT2D eigenvalue weighted by atomic mass is 32.2. The van der Waals surface area contributed by atoms with Crippen molar-refractivity contribution in [2.75, 3.05) is 31.6 Å². The predicted molar refractivity (Wildman–Crippen MR) is 118 cm³/mol. The Kier molecular flexibility index (Phi) is 8.11. The third-order valence-corrected chi connectivity index (χ3v) is 6.37. The third-order valence-electron chi connectivity index (χ3n) is 4.60. The maximum absolute atomic E-state index is 13.5. The normalized spacial score (nSPS) is 11.3. The standard InChI is InChI=1S/C22H30N2O5S/c1-16(2)12-13-23-22(25)15-24(18-8-6-17(3)7-9-18)30(26,27)19-10-11-20(28-4)21(14-19)29-5/h6-11,14,16H,12-13,15H2,1-5H3,(H,23,25). The van der Waals surface area contributed by atoms with Crippen LogP contribution >= 0.6 is 0 Å². The van der Waals surface area contributed by atoms with Crippen LogP contribution < -0.4 is 19.1 Å². The molecule has 1 N–H and O–H groups in total. The van der Waals surface area contributed by atoms with Gasteiger partial charge in [-0.3, -0.25) is 9.10 Å². The smallest absolute Gasteiger partial charge is 0.264 e. The molecule has 2 aromatic rings. The first-order valence-electron chi connectivity index (χ1n) is 9.77. The first-order chi connectivity index (χ1) is 14.2. The van der Waals surface area contributed by atoms with Crippen molar-refractivity contribution in [3.8, 4) is 11.5 Å². The van der Waals surface area contributed by atoms with Gasteiger partial charge in [0, 0.05) is 12.6 Å². The number of carbonyl (C=O) groups is 1. The van der Waals surface area contributed by atoms with E-state index in [0.717, 1.165) is 16.3 Å². The molecule has 0 unspecified atom stereocenters. The Hall–Kier alpha value is -2.74. The van der Waals surface area contributed by atoms with Gasteiger partial charge < -0.3 is 14.8 Å². The molecule has 0 heterocycles. The number of anilines is 1. The number of hydrogen-bond acceptors (Lipinski definition) is 5. The molecule has 0 atom stereocenters. The van der Waals surface area contributed by atoms with Gasteiger partial charge in [-0.25, -0.2) is 8.42 Å². The van der Waals surface area contributed by atoms with Gasteiger partial charge in [-0.1, -0.05) is 31.5 Å². The lowest BCUT2D eigenvalue weighted by Gasteiger charge is -2.24. The fraction of sp³-hybridized carbons (Fsp3) is 0.409. The number of benzene rings is 2. The Labute approximate surface area is 179 Å². The molecule has 0 bridgehead atoms. The molecule has 0 aliphatic rings. The fourth-order valence-electron chi connectivity index (χ4n) is 2.82. The zero-order valence-electron chi connectivity index (χ0n) is 18.1. The Bertz CT molecular complexity index is 956. The molecule has 7 nitrogen and oxygen atoms in total. The van der Waals surface area contributed by atoms with Crippen molar-refractivity contribution in [1.82, 2.24) is 5.32 Å². The van der Waals surface area contributed by atoms with Crippen molar-refractivity contribution in [2.45, 2.75) is 32.1 Å². The molecule has 0 aliphatic heterocycles. The van der Waals surface area contributed by atoms with E-state index < -0.39 is 10.0 Å². The maximum atomic E-state index is 13.5. The van der Waals surface area contributed by atoms with E-state index in [1.807, 2.05) is 19.1 Å². The minimum Gasteiger partial charge on any atom is -0.493 e. The molecule has 0 fully saturated rings. The Morgan fingerprint density at radius 3 is 2.23 bits per heavy atom. The molecule has 0 spiro atoms. The highest BCUT2D eigenvalue weighted by Crippen LogP contribution is 2.32. The van der Waals surface area contributed by atoms with Gasteiger partial charge in [0.15, 0.2) is 11.5 Å². The molecule has 8 heteroatoms. The average Bonchev–Trinajstić information content (AvgIpc) is 2.71. The monoisotopic (exact) mass is 434 g/mol. The number of hydrogen-bond donors (Lipinski definition) is 1. The summed E-state index contributed by atoms with van der Waals surface area (Å²) >= 11 is 0. The summed E-state index contributed by atoms with van der Waals surface area (Å²) in [5.74, 6) is 0.794. The van der Waals surface area contributed by atoms with Crippen molar-refractivity contribution in [2.24, 2.45) is 5.92 Å². The molecular formula is C22H30N2O5S. The largest absolute Gasteiger partial charge is 0.493 e. The van der Waals surface area contributed by atoms with Crippen LogP contribution in [0.3, 0.4) is 0 Å². The van der Waals surface area contributed by atoms with Crippen LogP contribution in [0.5, 0.6) is 11.5 Å². The van der Waals surface area contributed by atoms with E-state index in [1.165, 1.54) is 32.4 Å². The number of rotatable bonds is 10. The first kappa shape index (κ1) is 23.5. The van der Waals surface area contributed by atoms with Gasteiger partial charge in [0.25, 0.3) is 10.0 Å². The van der Waals surface area contributed by atoms with Crippen LogP contribution in [-0.4, -0.2) is 41.6 Å². The van der Waals surface area contributed by atoms with Crippen LogP contribution in [0.25, 0.3) is 0 Å². The van der Waals surface area contributed by atoms with Crippen LogP contribution in [0.2, 0.25) is 0 Å². The topological polar surface area (TPSA) is 84.9 Å². The quantitative estimate of drug-likeness (QED) is 0.620. The van der Waals surface area contributed by atoms with Crippen molar-refractivity contribution in [3.05, 3.63) is 48.0 Å². The van der Waals surface area contributed by atoms with E-state index in [9.17, 15) is 13.2 Å². The summed E-state index contributed by atoms with van der Waals surface area (Å²) in [6.07, 6.45) is 0.818. The summed E-state index contributed by atoms with van der Waals surface area (Å²) in [5.41, 5.74) is 1.40. The molecule has 2 aromatic carbocycles. The summed E-state index contributed by atoms with van der Waals surface area (Å²) in [5, 5.41) is 2.80. The Morgan fingerprint density at radius 1 is 1.03 bits per heavy atom. The van der Waals surface area contributed by atoms with E-state index in [2.05, 4.69) is 19.2 Å². The van der Waals surface area contributed by atoms with E-state index >= 15 is 0 Å². The van der Waals surface area contributed by atoms with Crippen molar-refractivity contribution < 1.29 is 22.7 Å². The number of amides is 1. The van der Waals surface area contributed by atoms with Gasteiger partial charge in [-0.05, 0) is 43.5 Å². The SMILES string of the molecule is COc1ccc(S(=O)(=O)N(CC(=O)NCCC(C)C)c2ccc(C)cc2)cc1OC. The molecule has 2 rings (SSSR count). The lowest BCUT2D eigenvalue weighted by Crippen LogP contribution is -2.41. The number of ether oxygens (including phenoxy) is 2. The van der Waals surface area contributed by atoms with E-state index in [0.29, 0.717) is 29.6 Å². The summed E-state index contributed by atoms with van der Waals surface area (Å²) in [6, 6.07) is 11.4. The lowest BCUT2D eigenvalue weighted by molar-refractivity contribution is -0.119. The summed E-state index contributed by atoms with van der Waals surface area (Å²) in [7, 11) is -1.11. The van der Waals surface area contributed by atoms with Crippen molar-refractivity contribution in [1.29, 1.82) is 0 Å². The molecule has 0 saturated heterocycles. The molecule has 0 aliphatic carbocycles.